The lowest BCUT2D eigenvalue weighted by Crippen LogP contribution is -2.50. The lowest BCUT2D eigenvalue weighted by Gasteiger charge is -2.44. The number of thioether (sulfide) groups is 1. The van der Waals surface area contributed by atoms with Gasteiger partial charge in [-0.2, -0.15) is 0 Å². The number of ether oxygens (including phenoxy) is 2. The molecule has 1 atom stereocenters. The lowest BCUT2D eigenvalue weighted by molar-refractivity contribution is -0.146. The number of fused-ring (bicyclic) bond motifs is 1. The van der Waals surface area contributed by atoms with Gasteiger partial charge in [-0.25, -0.2) is 0 Å². The SMILES string of the molecule is COc1cc2c(cc1OC)[C@H](C1C(=O)CC(C)(C)CC1=O)N(C(=O)CSC(=S)N1CCCC1)CC2. The summed E-state index contributed by atoms with van der Waals surface area (Å²) in [6, 6.07) is 3.09. The van der Waals surface area contributed by atoms with Crippen molar-refractivity contribution >= 4 is 45.8 Å². The summed E-state index contributed by atoms with van der Waals surface area (Å²) in [5.41, 5.74) is 1.40. The smallest absolute Gasteiger partial charge is 0.233 e. The minimum Gasteiger partial charge on any atom is -0.493 e. The van der Waals surface area contributed by atoms with Crippen LogP contribution in [0.2, 0.25) is 0 Å². The maximum Gasteiger partial charge on any atom is 0.233 e. The molecule has 0 unspecified atom stereocenters. The van der Waals surface area contributed by atoms with E-state index in [1.807, 2.05) is 26.0 Å². The van der Waals surface area contributed by atoms with Crippen LogP contribution >= 0.6 is 24.0 Å². The third kappa shape index (κ3) is 5.35. The van der Waals surface area contributed by atoms with Gasteiger partial charge in [0.15, 0.2) is 11.5 Å². The Hall–Kier alpha value is -2.13. The summed E-state index contributed by atoms with van der Waals surface area (Å²) in [6.45, 7) is 6.19. The number of hydrogen-bond acceptors (Lipinski definition) is 7. The molecule has 3 aliphatic rings. The Morgan fingerprint density at radius 2 is 1.66 bits per heavy atom. The third-order valence-electron chi connectivity index (χ3n) is 7.24. The van der Waals surface area contributed by atoms with Crippen LogP contribution in [-0.2, 0) is 20.8 Å². The van der Waals surface area contributed by atoms with Crippen LogP contribution in [0.4, 0.5) is 0 Å². The standard InChI is InChI=1S/C26H34N2O5S2/c1-26(2)13-18(29)23(19(30)14-26)24-17-12-21(33-4)20(32-3)11-16(17)7-10-28(24)22(31)15-35-25(34)27-8-5-6-9-27/h11-12,23-24H,5-10,13-15H2,1-4H3/t24-/m1/s1. The Morgan fingerprint density at radius 1 is 1.06 bits per heavy atom. The van der Waals surface area contributed by atoms with E-state index >= 15 is 0 Å². The van der Waals surface area contributed by atoms with Gasteiger partial charge < -0.3 is 19.3 Å². The van der Waals surface area contributed by atoms with E-state index in [1.54, 1.807) is 19.1 Å². The number of methoxy groups -OCH3 is 2. The second kappa shape index (κ2) is 10.5. The number of hydrogen-bond donors (Lipinski definition) is 0. The summed E-state index contributed by atoms with van der Waals surface area (Å²) >= 11 is 6.93. The Bertz CT molecular complexity index is 1010. The average molecular weight is 519 g/mol. The molecule has 0 aromatic heterocycles. The molecule has 0 bridgehead atoms. The summed E-state index contributed by atoms with van der Waals surface area (Å²) in [5.74, 6) is 0.125. The summed E-state index contributed by atoms with van der Waals surface area (Å²) in [6.07, 6.45) is 3.48. The molecule has 35 heavy (non-hydrogen) atoms. The van der Waals surface area contributed by atoms with E-state index in [0.717, 1.165) is 41.4 Å². The van der Waals surface area contributed by atoms with Crippen LogP contribution in [0.3, 0.4) is 0 Å². The summed E-state index contributed by atoms with van der Waals surface area (Å²) in [5, 5.41) is 0. The molecule has 7 nitrogen and oxygen atoms in total. The fourth-order valence-corrected chi connectivity index (χ4v) is 6.71. The van der Waals surface area contributed by atoms with Crippen molar-refractivity contribution in [2.45, 2.75) is 52.0 Å². The molecular weight excluding hydrogens is 484 g/mol. The molecule has 9 heteroatoms. The first-order chi connectivity index (χ1) is 16.6. The molecule has 1 aromatic rings. The normalized spacial score (nSPS) is 22.2. The predicted molar refractivity (Wildman–Crippen MR) is 140 cm³/mol. The van der Waals surface area contributed by atoms with Gasteiger partial charge in [0.2, 0.25) is 5.91 Å². The summed E-state index contributed by atoms with van der Waals surface area (Å²) in [7, 11) is 3.14. The van der Waals surface area contributed by atoms with E-state index in [0.29, 0.717) is 37.3 Å². The van der Waals surface area contributed by atoms with E-state index in [4.69, 9.17) is 21.7 Å². The number of Topliss-reactive ketones (excluding diaryl/α,β-unsaturated/α-hetero) is 2. The van der Waals surface area contributed by atoms with Gasteiger partial charge in [-0.3, -0.25) is 14.4 Å². The molecule has 0 spiro atoms. The Morgan fingerprint density at radius 3 is 2.26 bits per heavy atom. The second-order valence-corrected chi connectivity index (χ2v) is 12.0. The van der Waals surface area contributed by atoms with E-state index in [-0.39, 0.29) is 28.6 Å². The largest absolute Gasteiger partial charge is 0.493 e. The van der Waals surface area contributed by atoms with E-state index < -0.39 is 12.0 Å². The number of rotatable bonds is 5. The molecule has 1 aromatic carbocycles. The fourth-order valence-electron chi connectivity index (χ4n) is 5.57. The first-order valence-electron chi connectivity index (χ1n) is 12.2. The van der Waals surface area contributed by atoms with Gasteiger partial charge in [-0.05, 0) is 47.9 Å². The Balaban J connectivity index is 1.66. The van der Waals surface area contributed by atoms with Gasteiger partial charge in [-0.1, -0.05) is 37.8 Å². The van der Waals surface area contributed by atoms with E-state index in [1.165, 1.54) is 11.8 Å². The minimum atomic E-state index is -0.875. The molecule has 2 heterocycles. The summed E-state index contributed by atoms with van der Waals surface area (Å²) in [4.78, 5) is 44.2. The number of nitrogens with zero attached hydrogens (tertiary/aromatic N) is 2. The average Bonchev–Trinajstić information content (AvgIpc) is 3.35. The third-order valence-corrected chi connectivity index (χ3v) is 8.75. The molecule has 1 saturated heterocycles. The predicted octanol–water partition coefficient (Wildman–Crippen LogP) is 3.82. The number of benzene rings is 1. The molecule has 190 valence electrons. The monoisotopic (exact) mass is 518 g/mol. The maximum absolute atomic E-state index is 13.5. The lowest BCUT2D eigenvalue weighted by atomic mass is 9.67. The quantitative estimate of drug-likeness (QED) is 0.430. The molecule has 1 aliphatic carbocycles. The van der Waals surface area contributed by atoms with Crippen LogP contribution in [0.25, 0.3) is 0 Å². The number of likely N-dealkylation sites (tertiary alicyclic amines) is 1. The van der Waals surface area contributed by atoms with Crippen LogP contribution in [0.1, 0.15) is 56.7 Å². The molecule has 2 fully saturated rings. The van der Waals surface area contributed by atoms with Crippen molar-refractivity contribution in [3.63, 3.8) is 0 Å². The van der Waals surface area contributed by atoms with Crippen LogP contribution in [0, 0.1) is 11.3 Å². The van der Waals surface area contributed by atoms with Gasteiger partial charge >= 0.3 is 0 Å². The highest BCUT2D eigenvalue weighted by Crippen LogP contribution is 2.46. The molecule has 2 aliphatic heterocycles. The van der Waals surface area contributed by atoms with Gasteiger partial charge in [0.1, 0.15) is 21.8 Å². The number of carbonyl (C=O) groups excluding carboxylic acids is 3. The van der Waals surface area contributed by atoms with Crippen molar-refractivity contribution in [3.8, 4) is 11.5 Å². The highest BCUT2D eigenvalue weighted by atomic mass is 32.2. The van der Waals surface area contributed by atoms with Crippen molar-refractivity contribution in [3.05, 3.63) is 23.3 Å². The fraction of sp³-hybridized carbons (Fsp3) is 0.615. The Labute approximate surface area is 216 Å². The van der Waals surface area contributed by atoms with Crippen LogP contribution in [-0.4, -0.2) is 71.2 Å². The van der Waals surface area contributed by atoms with Gasteiger partial charge in [0.25, 0.3) is 0 Å². The van der Waals surface area contributed by atoms with Gasteiger partial charge in [0, 0.05) is 32.5 Å². The zero-order valence-corrected chi connectivity index (χ0v) is 22.6. The minimum absolute atomic E-state index is 0.100. The van der Waals surface area contributed by atoms with Crippen molar-refractivity contribution in [2.24, 2.45) is 11.3 Å². The van der Waals surface area contributed by atoms with Gasteiger partial charge in [0.05, 0.1) is 26.0 Å². The van der Waals surface area contributed by atoms with Crippen molar-refractivity contribution < 1.29 is 23.9 Å². The van der Waals surface area contributed by atoms with Crippen molar-refractivity contribution in [1.82, 2.24) is 9.80 Å². The molecule has 1 saturated carbocycles. The molecular formula is C26H34N2O5S2. The zero-order chi connectivity index (χ0) is 25.3. The summed E-state index contributed by atoms with van der Waals surface area (Å²) < 4.78 is 11.7. The van der Waals surface area contributed by atoms with E-state index in [9.17, 15) is 14.4 Å². The molecule has 0 radical (unpaired) electrons. The molecule has 1 amide bonds. The van der Waals surface area contributed by atoms with E-state index in [2.05, 4.69) is 4.90 Å². The Kier molecular flexibility index (Phi) is 7.76. The maximum atomic E-state index is 13.5. The first-order valence-corrected chi connectivity index (χ1v) is 13.6. The number of amides is 1. The van der Waals surface area contributed by atoms with Gasteiger partial charge in [-0.15, -0.1) is 0 Å². The van der Waals surface area contributed by atoms with Crippen LogP contribution in [0.15, 0.2) is 12.1 Å². The first kappa shape index (κ1) is 25.9. The topological polar surface area (TPSA) is 76.1 Å². The van der Waals surface area contributed by atoms with Crippen molar-refractivity contribution in [1.29, 1.82) is 0 Å². The molecule has 0 N–H and O–H groups in total. The number of carbonyl (C=O) groups is 3. The van der Waals surface area contributed by atoms with Crippen molar-refractivity contribution in [2.75, 3.05) is 39.6 Å². The number of ketones is 2. The highest BCUT2D eigenvalue weighted by molar-refractivity contribution is 8.23. The highest BCUT2D eigenvalue weighted by Gasteiger charge is 2.48. The molecule has 4 rings (SSSR count). The second-order valence-electron chi connectivity index (χ2n) is 10.4. The van der Waals surface area contributed by atoms with Crippen LogP contribution in [0.5, 0.6) is 11.5 Å². The zero-order valence-electron chi connectivity index (χ0n) is 20.9. The number of thiocarbonyl (C=S) groups is 1. The van der Waals surface area contributed by atoms with Crippen LogP contribution < -0.4 is 9.47 Å².